The highest BCUT2D eigenvalue weighted by molar-refractivity contribution is 7.80. The van der Waals surface area contributed by atoms with Gasteiger partial charge in [0.1, 0.15) is 0 Å². The van der Waals surface area contributed by atoms with Gasteiger partial charge in [0.05, 0.1) is 15.9 Å². The van der Waals surface area contributed by atoms with Crippen LogP contribution in [0.5, 0.6) is 0 Å². The lowest BCUT2D eigenvalue weighted by molar-refractivity contribution is -0.127. The summed E-state index contributed by atoms with van der Waals surface area (Å²) in [6.07, 6.45) is 4.99. The van der Waals surface area contributed by atoms with Crippen molar-refractivity contribution in [3.05, 3.63) is 35.9 Å². The Hall–Kier alpha value is -1.42. The maximum Gasteiger partial charge on any atom is 0.230 e. The second-order valence-corrected chi connectivity index (χ2v) is 6.89. The smallest absolute Gasteiger partial charge is 0.230 e. The second kappa shape index (κ2) is 6.14. The SMILES string of the molecule is CC(C)(C(=O)NC1(C(N)=S)CCCCC1)c1ccccc1. The molecule has 1 amide bonds. The van der Waals surface area contributed by atoms with Crippen molar-refractivity contribution < 1.29 is 4.79 Å². The normalized spacial score (nSPS) is 18.0. The van der Waals surface area contributed by atoms with E-state index in [4.69, 9.17) is 18.0 Å². The molecule has 3 N–H and O–H groups in total. The molecule has 0 heterocycles. The molecule has 1 saturated carbocycles. The third-order valence-corrected chi connectivity index (χ3v) is 4.99. The molecule has 0 unspecified atom stereocenters. The Labute approximate surface area is 132 Å². The molecule has 0 bridgehead atoms. The first-order chi connectivity index (χ1) is 9.88. The summed E-state index contributed by atoms with van der Waals surface area (Å²) in [6, 6.07) is 9.82. The molecule has 114 valence electrons. The summed E-state index contributed by atoms with van der Waals surface area (Å²) in [5.41, 5.74) is 5.84. The lowest BCUT2D eigenvalue weighted by atomic mass is 9.78. The molecular weight excluding hydrogens is 280 g/mol. The second-order valence-electron chi connectivity index (χ2n) is 6.45. The summed E-state index contributed by atoms with van der Waals surface area (Å²) in [6.45, 7) is 3.88. The van der Waals surface area contributed by atoms with Crippen molar-refractivity contribution >= 4 is 23.1 Å². The third kappa shape index (κ3) is 3.26. The van der Waals surface area contributed by atoms with Crippen molar-refractivity contribution in [2.45, 2.75) is 56.9 Å². The number of amides is 1. The number of carbonyl (C=O) groups excluding carboxylic acids is 1. The Balaban J connectivity index is 2.21. The van der Waals surface area contributed by atoms with Crippen molar-refractivity contribution in [3.8, 4) is 0 Å². The molecule has 0 radical (unpaired) electrons. The van der Waals surface area contributed by atoms with Crippen LogP contribution in [0.4, 0.5) is 0 Å². The van der Waals surface area contributed by atoms with Gasteiger partial charge in [0.15, 0.2) is 0 Å². The van der Waals surface area contributed by atoms with Crippen molar-refractivity contribution in [1.29, 1.82) is 0 Å². The number of hydrogen-bond acceptors (Lipinski definition) is 2. The predicted octanol–water partition coefficient (Wildman–Crippen LogP) is 3.07. The highest BCUT2D eigenvalue weighted by Crippen LogP contribution is 2.31. The molecule has 21 heavy (non-hydrogen) atoms. The van der Waals surface area contributed by atoms with Crippen LogP contribution < -0.4 is 11.1 Å². The van der Waals surface area contributed by atoms with Crippen LogP contribution in [0.3, 0.4) is 0 Å². The third-order valence-electron chi connectivity index (χ3n) is 4.59. The van der Waals surface area contributed by atoms with Gasteiger partial charge in [0.25, 0.3) is 0 Å². The van der Waals surface area contributed by atoms with Crippen LogP contribution in [-0.2, 0) is 10.2 Å². The molecule has 1 fully saturated rings. The van der Waals surface area contributed by atoms with Gasteiger partial charge in [-0.3, -0.25) is 4.79 Å². The highest BCUT2D eigenvalue weighted by atomic mass is 32.1. The van der Waals surface area contributed by atoms with E-state index >= 15 is 0 Å². The maximum atomic E-state index is 12.8. The molecule has 0 aliphatic heterocycles. The first-order valence-electron chi connectivity index (χ1n) is 7.56. The minimum atomic E-state index is -0.601. The Morgan fingerprint density at radius 2 is 1.76 bits per heavy atom. The Kier molecular flexibility index (Phi) is 4.67. The number of rotatable bonds is 4. The minimum Gasteiger partial charge on any atom is -0.391 e. The van der Waals surface area contributed by atoms with Gasteiger partial charge >= 0.3 is 0 Å². The number of nitrogens with one attached hydrogen (secondary N) is 1. The van der Waals surface area contributed by atoms with Gasteiger partial charge in [-0.05, 0) is 32.3 Å². The van der Waals surface area contributed by atoms with Gasteiger partial charge in [-0.25, -0.2) is 0 Å². The summed E-state index contributed by atoms with van der Waals surface area (Å²) < 4.78 is 0. The lowest BCUT2D eigenvalue weighted by Gasteiger charge is -2.39. The molecular formula is C17H24N2OS. The monoisotopic (exact) mass is 304 g/mol. The molecule has 1 aliphatic carbocycles. The molecule has 1 aromatic rings. The molecule has 0 spiro atoms. The molecule has 2 rings (SSSR count). The number of nitrogens with two attached hydrogens (primary N) is 1. The van der Waals surface area contributed by atoms with Crippen LogP contribution in [0, 0.1) is 0 Å². The van der Waals surface area contributed by atoms with Crippen LogP contribution in [0.25, 0.3) is 0 Å². The Morgan fingerprint density at radius 1 is 1.19 bits per heavy atom. The van der Waals surface area contributed by atoms with Crippen molar-refractivity contribution in [1.82, 2.24) is 5.32 Å². The Morgan fingerprint density at radius 3 is 2.29 bits per heavy atom. The average molecular weight is 304 g/mol. The summed E-state index contributed by atoms with van der Waals surface area (Å²) in [7, 11) is 0. The van der Waals surface area contributed by atoms with E-state index in [1.165, 1.54) is 6.42 Å². The molecule has 0 saturated heterocycles. The maximum absolute atomic E-state index is 12.8. The largest absolute Gasteiger partial charge is 0.391 e. The number of carbonyl (C=O) groups is 1. The van der Waals surface area contributed by atoms with E-state index in [0.717, 1.165) is 31.2 Å². The van der Waals surface area contributed by atoms with Crippen LogP contribution in [0.15, 0.2) is 30.3 Å². The van der Waals surface area contributed by atoms with Crippen LogP contribution in [-0.4, -0.2) is 16.4 Å². The lowest BCUT2D eigenvalue weighted by Crippen LogP contribution is -2.60. The molecule has 1 aliphatic rings. The van der Waals surface area contributed by atoms with E-state index in [2.05, 4.69) is 5.32 Å². The topological polar surface area (TPSA) is 55.1 Å². The first-order valence-corrected chi connectivity index (χ1v) is 7.97. The number of thiocarbonyl (C=S) groups is 1. The summed E-state index contributed by atoms with van der Waals surface area (Å²) in [5, 5.41) is 3.17. The fraction of sp³-hybridized carbons (Fsp3) is 0.529. The van der Waals surface area contributed by atoms with Gasteiger partial charge in [0.2, 0.25) is 5.91 Å². The predicted molar refractivity (Wildman–Crippen MR) is 90.2 cm³/mol. The fourth-order valence-electron chi connectivity index (χ4n) is 2.95. The zero-order chi connectivity index (χ0) is 15.5. The standard InChI is InChI=1S/C17H24N2OS/c1-16(2,13-9-5-3-6-10-13)15(20)19-17(14(18)21)11-7-4-8-12-17/h3,5-6,9-10H,4,7-8,11-12H2,1-2H3,(H2,18,21)(H,19,20). The average Bonchev–Trinajstić information content (AvgIpc) is 2.49. The molecule has 4 heteroatoms. The zero-order valence-electron chi connectivity index (χ0n) is 12.8. The summed E-state index contributed by atoms with van der Waals surface area (Å²) >= 11 is 5.25. The Bertz CT molecular complexity index is 519. The van der Waals surface area contributed by atoms with E-state index < -0.39 is 11.0 Å². The van der Waals surface area contributed by atoms with E-state index in [9.17, 15) is 4.79 Å². The zero-order valence-corrected chi connectivity index (χ0v) is 13.6. The summed E-state index contributed by atoms with van der Waals surface area (Å²) in [5.74, 6) is -0.0107. The van der Waals surface area contributed by atoms with Gasteiger partial charge in [-0.2, -0.15) is 0 Å². The first kappa shape index (κ1) is 16.0. The van der Waals surface area contributed by atoms with Crippen molar-refractivity contribution in [2.75, 3.05) is 0 Å². The van der Waals surface area contributed by atoms with Crippen LogP contribution in [0.1, 0.15) is 51.5 Å². The number of benzene rings is 1. The van der Waals surface area contributed by atoms with Crippen LogP contribution in [0.2, 0.25) is 0 Å². The van der Waals surface area contributed by atoms with E-state index in [0.29, 0.717) is 4.99 Å². The molecule has 1 aromatic carbocycles. The van der Waals surface area contributed by atoms with E-state index in [-0.39, 0.29) is 5.91 Å². The number of hydrogen-bond donors (Lipinski definition) is 2. The molecule has 3 nitrogen and oxygen atoms in total. The van der Waals surface area contributed by atoms with Crippen molar-refractivity contribution in [3.63, 3.8) is 0 Å². The molecule has 0 aromatic heterocycles. The van der Waals surface area contributed by atoms with Crippen LogP contribution >= 0.6 is 12.2 Å². The highest BCUT2D eigenvalue weighted by Gasteiger charge is 2.40. The van der Waals surface area contributed by atoms with Crippen molar-refractivity contribution in [2.24, 2.45) is 5.73 Å². The summed E-state index contributed by atoms with van der Waals surface area (Å²) in [4.78, 5) is 13.2. The minimum absolute atomic E-state index is 0.0107. The van der Waals surface area contributed by atoms with Gasteiger partial charge in [-0.1, -0.05) is 61.8 Å². The van der Waals surface area contributed by atoms with Gasteiger partial charge in [0, 0.05) is 0 Å². The van der Waals surface area contributed by atoms with E-state index in [1.54, 1.807) is 0 Å². The molecule has 0 atom stereocenters. The van der Waals surface area contributed by atoms with E-state index in [1.807, 2.05) is 44.2 Å². The van der Waals surface area contributed by atoms with Gasteiger partial charge < -0.3 is 11.1 Å². The van der Waals surface area contributed by atoms with Gasteiger partial charge in [-0.15, -0.1) is 0 Å². The fourth-order valence-corrected chi connectivity index (χ4v) is 3.20. The quantitative estimate of drug-likeness (QED) is 0.841.